The maximum atomic E-state index is 12.7. The second-order valence-corrected chi connectivity index (χ2v) is 8.19. The van der Waals surface area contributed by atoms with E-state index in [0.717, 1.165) is 54.4 Å². The Morgan fingerprint density at radius 1 is 1.05 bits per heavy atom. The molecular formula is C23H18ClF6N5O3. The van der Waals surface area contributed by atoms with E-state index >= 15 is 0 Å². The van der Waals surface area contributed by atoms with E-state index in [1.807, 2.05) is 0 Å². The second kappa shape index (κ2) is 11.1. The van der Waals surface area contributed by atoms with E-state index in [0.29, 0.717) is 16.8 Å². The summed E-state index contributed by atoms with van der Waals surface area (Å²) < 4.78 is 77.9. The Morgan fingerprint density at radius 2 is 1.68 bits per heavy atom. The molecule has 0 fully saturated rings. The van der Waals surface area contributed by atoms with E-state index < -0.39 is 40.5 Å². The minimum Gasteiger partial charge on any atom is -0.367 e. The van der Waals surface area contributed by atoms with Crippen LogP contribution in [0, 0.1) is 0 Å². The van der Waals surface area contributed by atoms with Gasteiger partial charge in [-0.3, -0.25) is 18.7 Å². The van der Waals surface area contributed by atoms with Crippen molar-refractivity contribution >= 4 is 28.9 Å². The summed E-state index contributed by atoms with van der Waals surface area (Å²) in [6.07, 6.45) is -5.41. The Hall–Kier alpha value is -4.07. The predicted molar refractivity (Wildman–Crippen MR) is 127 cm³/mol. The maximum Gasteiger partial charge on any atom is 0.417 e. The highest BCUT2D eigenvalue weighted by Gasteiger charge is 2.31. The van der Waals surface area contributed by atoms with Crippen molar-refractivity contribution < 1.29 is 31.1 Å². The fourth-order valence-corrected chi connectivity index (χ4v) is 3.37. The quantitative estimate of drug-likeness (QED) is 0.238. The third-order valence-electron chi connectivity index (χ3n) is 5.13. The Labute approximate surface area is 215 Å². The summed E-state index contributed by atoms with van der Waals surface area (Å²) in [6.45, 7) is -0.158. The number of nitrogens with zero attached hydrogens (tertiary/aromatic N) is 3. The number of ketones is 1. The minimum atomic E-state index is -4.62. The van der Waals surface area contributed by atoms with Crippen molar-refractivity contribution in [2.24, 2.45) is 7.05 Å². The number of pyridine rings is 1. The van der Waals surface area contributed by atoms with Crippen molar-refractivity contribution in [1.82, 2.24) is 14.1 Å². The van der Waals surface area contributed by atoms with Crippen LogP contribution in [-0.2, 0) is 25.9 Å². The van der Waals surface area contributed by atoms with Crippen molar-refractivity contribution in [3.8, 4) is 0 Å². The van der Waals surface area contributed by atoms with Gasteiger partial charge in [0.15, 0.2) is 5.78 Å². The SMILES string of the molecule is Cn1c(=O)c(C(=O)C=CNc2ccc(C(F)(F)F)cc2)cn(CCNc2ncc(C(F)(F)F)cc2Cl)c1=O. The fraction of sp³-hybridized carbons (Fsp3) is 0.217. The number of anilines is 2. The third-order valence-corrected chi connectivity index (χ3v) is 5.42. The molecule has 0 spiro atoms. The summed E-state index contributed by atoms with van der Waals surface area (Å²) in [6, 6.07) is 4.70. The van der Waals surface area contributed by atoms with Crippen molar-refractivity contribution in [2.75, 3.05) is 17.2 Å². The number of nitrogens with one attached hydrogen (secondary N) is 2. The van der Waals surface area contributed by atoms with Crippen LogP contribution in [0.25, 0.3) is 0 Å². The van der Waals surface area contributed by atoms with E-state index in [-0.39, 0.29) is 35.2 Å². The van der Waals surface area contributed by atoms with Crippen LogP contribution in [0.4, 0.5) is 37.8 Å². The molecule has 3 rings (SSSR count). The number of allylic oxidation sites excluding steroid dienone is 1. The highest BCUT2D eigenvalue weighted by Crippen LogP contribution is 2.32. The molecule has 0 saturated carbocycles. The lowest BCUT2D eigenvalue weighted by atomic mass is 10.2. The van der Waals surface area contributed by atoms with Crippen molar-refractivity contribution in [3.05, 3.63) is 97.6 Å². The number of hydrogen-bond acceptors (Lipinski definition) is 6. The minimum absolute atomic E-state index is 0.0465. The predicted octanol–water partition coefficient (Wildman–Crippen LogP) is 4.55. The van der Waals surface area contributed by atoms with Crippen LogP contribution in [0.5, 0.6) is 0 Å². The average molecular weight is 562 g/mol. The molecule has 1 aromatic carbocycles. The summed E-state index contributed by atoms with van der Waals surface area (Å²) >= 11 is 5.83. The number of rotatable bonds is 8. The highest BCUT2D eigenvalue weighted by molar-refractivity contribution is 6.32. The molecule has 0 bridgehead atoms. The number of benzene rings is 1. The lowest BCUT2D eigenvalue weighted by molar-refractivity contribution is -0.138. The molecule has 2 heterocycles. The lowest BCUT2D eigenvalue weighted by Gasteiger charge is -2.12. The molecular weight excluding hydrogens is 544 g/mol. The maximum absolute atomic E-state index is 12.7. The first-order chi connectivity index (χ1) is 17.7. The van der Waals surface area contributed by atoms with Crippen LogP contribution < -0.4 is 21.9 Å². The zero-order valence-electron chi connectivity index (χ0n) is 19.3. The van der Waals surface area contributed by atoms with Gasteiger partial charge in [0.05, 0.1) is 16.1 Å². The summed E-state index contributed by atoms with van der Waals surface area (Å²) in [4.78, 5) is 41.1. The zero-order chi connectivity index (χ0) is 28.3. The van der Waals surface area contributed by atoms with Crippen LogP contribution >= 0.6 is 11.6 Å². The van der Waals surface area contributed by atoms with Gasteiger partial charge in [0.2, 0.25) is 0 Å². The standard InChI is InChI=1S/C23H18ClF6N5O3/c1-34-20(37)16(18(36)6-7-31-15-4-2-13(3-5-15)22(25,26)27)12-35(21(34)38)9-8-32-19-17(24)10-14(11-33-19)23(28,29)30/h2-7,10-12,31H,8-9H2,1H3,(H,32,33). The first-order valence-electron chi connectivity index (χ1n) is 10.6. The number of aromatic nitrogens is 3. The van der Waals surface area contributed by atoms with Crippen LogP contribution in [0.3, 0.4) is 0 Å². The molecule has 0 amide bonds. The first kappa shape index (κ1) is 28.5. The number of carbonyl (C=O) groups excluding carboxylic acids is 1. The van der Waals surface area contributed by atoms with E-state index in [9.17, 15) is 40.7 Å². The van der Waals surface area contributed by atoms with E-state index in [1.54, 1.807) is 0 Å². The van der Waals surface area contributed by atoms with E-state index in [4.69, 9.17) is 11.6 Å². The molecule has 8 nitrogen and oxygen atoms in total. The first-order valence-corrected chi connectivity index (χ1v) is 11.0. The Balaban J connectivity index is 1.70. The summed E-state index contributed by atoms with van der Waals surface area (Å²) in [5.41, 5.74) is -3.64. The number of halogens is 7. The monoisotopic (exact) mass is 561 g/mol. The molecule has 0 aliphatic carbocycles. The normalized spacial score (nSPS) is 12.1. The summed E-state index contributed by atoms with van der Waals surface area (Å²) in [5.74, 6) is -0.856. The molecule has 202 valence electrons. The highest BCUT2D eigenvalue weighted by atomic mass is 35.5. The molecule has 0 radical (unpaired) electrons. The molecule has 0 atom stereocenters. The van der Waals surface area contributed by atoms with Crippen molar-refractivity contribution in [2.45, 2.75) is 18.9 Å². The molecule has 2 N–H and O–H groups in total. The fourth-order valence-electron chi connectivity index (χ4n) is 3.13. The Bertz CT molecular complexity index is 1480. The van der Waals surface area contributed by atoms with Gasteiger partial charge in [-0.05, 0) is 30.3 Å². The molecule has 0 aliphatic rings. The zero-order valence-corrected chi connectivity index (χ0v) is 20.1. The topological polar surface area (TPSA) is 98.0 Å². The second-order valence-electron chi connectivity index (χ2n) is 7.78. The van der Waals surface area contributed by atoms with E-state index in [2.05, 4.69) is 15.6 Å². The van der Waals surface area contributed by atoms with Crippen molar-refractivity contribution in [3.63, 3.8) is 0 Å². The van der Waals surface area contributed by atoms with Crippen LogP contribution in [-0.4, -0.2) is 26.4 Å². The largest absolute Gasteiger partial charge is 0.417 e. The van der Waals surface area contributed by atoms with Gasteiger partial charge in [0, 0.05) is 50.5 Å². The van der Waals surface area contributed by atoms with Gasteiger partial charge in [-0.2, -0.15) is 26.3 Å². The smallest absolute Gasteiger partial charge is 0.367 e. The van der Waals surface area contributed by atoms with E-state index in [1.165, 1.54) is 0 Å². The van der Waals surface area contributed by atoms with Gasteiger partial charge < -0.3 is 10.6 Å². The molecule has 0 saturated heterocycles. The lowest BCUT2D eigenvalue weighted by Crippen LogP contribution is -2.41. The third kappa shape index (κ3) is 6.82. The summed E-state index contributed by atoms with van der Waals surface area (Å²) in [7, 11) is 1.16. The average Bonchev–Trinajstić information content (AvgIpc) is 2.84. The van der Waals surface area contributed by atoms with Crippen molar-refractivity contribution in [1.29, 1.82) is 0 Å². The number of hydrogen-bond donors (Lipinski definition) is 2. The molecule has 38 heavy (non-hydrogen) atoms. The van der Waals surface area contributed by atoms with Crippen LogP contribution in [0.1, 0.15) is 21.5 Å². The summed E-state index contributed by atoms with van der Waals surface area (Å²) in [5, 5.41) is 4.99. The molecule has 15 heteroatoms. The van der Waals surface area contributed by atoms with Gasteiger partial charge in [0.25, 0.3) is 5.56 Å². The molecule has 0 aliphatic heterocycles. The Morgan fingerprint density at radius 3 is 2.26 bits per heavy atom. The molecule has 3 aromatic rings. The van der Waals surface area contributed by atoms with Gasteiger partial charge in [0.1, 0.15) is 11.4 Å². The van der Waals surface area contributed by atoms with Gasteiger partial charge in [-0.1, -0.05) is 11.6 Å². The van der Waals surface area contributed by atoms with Gasteiger partial charge >= 0.3 is 18.0 Å². The number of alkyl halides is 6. The van der Waals surface area contributed by atoms with Gasteiger partial charge in [-0.25, -0.2) is 9.78 Å². The van der Waals surface area contributed by atoms with Crippen LogP contribution in [0.2, 0.25) is 5.02 Å². The van der Waals surface area contributed by atoms with Crippen LogP contribution in [0.15, 0.2) is 64.6 Å². The number of carbonyl (C=O) groups is 1. The molecule has 2 aromatic heterocycles. The Kier molecular flexibility index (Phi) is 8.35. The molecule has 0 unspecified atom stereocenters. The van der Waals surface area contributed by atoms with Gasteiger partial charge in [-0.15, -0.1) is 0 Å².